The SMILES string of the molecule is Cc1ccc(C(=O)NNC(=O)c2ccc(Cl)c(S(=O)(=O)N3CCc4ccccc4C3)c2)cc1. The summed E-state index contributed by atoms with van der Waals surface area (Å²) in [6.45, 7) is 2.45. The number of amides is 2. The molecule has 170 valence electrons. The first-order valence-corrected chi connectivity index (χ1v) is 12.1. The number of benzene rings is 3. The molecule has 0 aliphatic carbocycles. The largest absolute Gasteiger partial charge is 0.269 e. The molecule has 0 bridgehead atoms. The maximum atomic E-state index is 13.3. The van der Waals surface area contributed by atoms with E-state index in [0.717, 1.165) is 16.7 Å². The second-order valence-electron chi connectivity index (χ2n) is 7.78. The minimum atomic E-state index is -3.94. The number of halogens is 1. The van der Waals surface area contributed by atoms with Crippen molar-refractivity contribution in [1.29, 1.82) is 0 Å². The third kappa shape index (κ3) is 4.93. The zero-order valence-corrected chi connectivity index (χ0v) is 19.4. The maximum absolute atomic E-state index is 13.3. The molecule has 3 aromatic carbocycles. The summed E-state index contributed by atoms with van der Waals surface area (Å²) in [6.07, 6.45) is 0.595. The van der Waals surface area contributed by atoms with Crippen molar-refractivity contribution >= 4 is 33.4 Å². The van der Waals surface area contributed by atoms with Crippen molar-refractivity contribution in [3.63, 3.8) is 0 Å². The lowest BCUT2D eigenvalue weighted by Crippen LogP contribution is -2.41. The molecule has 0 aromatic heterocycles. The number of rotatable bonds is 4. The topological polar surface area (TPSA) is 95.6 Å². The van der Waals surface area contributed by atoms with Crippen LogP contribution in [0.3, 0.4) is 0 Å². The van der Waals surface area contributed by atoms with E-state index in [1.807, 2.05) is 31.2 Å². The van der Waals surface area contributed by atoms with Gasteiger partial charge in [-0.3, -0.25) is 20.4 Å². The van der Waals surface area contributed by atoms with E-state index in [9.17, 15) is 18.0 Å². The van der Waals surface area contributed by atoms with Crippen LogP contribution in [0.4, 0.5) is 0 Å². The summed E-state index contributed by atoms with van der Waals surface area (Å²) in [5.74, 6) is -1.15. The molecule has 1 aliphatic rings. The average Bonchev–Trinajstić information content (AvgIpc) is 2.82. The summed E-state index contributed by atoms with van der Waals surface area (Å²) in [6, 6.07) is 18.5. The summed E-state index contributed by atoms with van der Waals surface area (Å²) in [5.41, 5.74) is 8.14. The highest BCUT2D eigenvalue weighted by atomic mass is 35.5. The fraction of sp³-hybridized carbons (Fsp3) is 0.167. The monoisotopic (exact) mass is 483 g/mol. The number of nitrogens with zero attached hydrogens (tertiary/aromatic N) is 1. The summed E-state index contributed by atoms with van der Waals surface area (Å²) in [5, 5.41) is 0.0223. The highest BCUT2D eigenvalue weighted by Crippen LogP contribution is 2.29. The van der Waals surface area contributed by atoms with Crippen LogP contribution in [0.25, 0.3) is 0 Å². The molecular formula is C24H22ClN3O4S. The number of carbonyl (C=O) groups is 2. The predicted octanol–water partition coefficient (Wildman–Crippen LogP) is 3.47. The summed E-state index contributed by atoms with van der Waals surface area (Å²) >= 11 is 6.22. The summed E-state index contributed by atoms with van der Waals surface area (Å²) < 4.78 is 28.0. The van der Waals surface area contributed by atoms with Gasteiger partial charge in [-0.2, -0.15) is 4.31 Å². The van der Waals surface area contributed by atoms with Gasteiger partial charge in [-0.05, 0) is 54.8 Å². The van der Waals surface area contributed by atoms with Crippen molar-refractivity contribution in [1.82, 2.24) is 15.2 Å². The Morgan fingerprint density at radius 2 is 1.48 bits per heavy atom. The van der Waals surface area contributed by atoms with Crippen molar-refractivity contribution in [2.24, 2.45) is 0 Å². The Hall–Kier alpha value is -3.20. The molecule has 0 unspecified atom stereocenters. The van der Waals surface area contributed by atoms with Gasteiger partial charge in [0.2, 0.25) is 10.0 Å². The van der Waals surface area contributed by atoms with Gasteiger partial charge in [-0.15, -0.1) is 0 Å². The number of hydrogen-bond acceptors (Lipinski definition) is 4. The number of aryl methyl sites for hydroxylation is 1. The molecule has 1 aliphatic heterocycles. The number of sulfonamides is 1. The van der Waals surface area contributed by atoms with E-state index >= 15 is 0 Å². The second kappa shape index (κ2) is 9.35. The van der Waals surface area contributed by atoms with Gasteiger partial charge in [-0.25, -0.2) is 8.42 Å². The lowest BCUT2D eigenvalue weighted by Gasteiger charge is -2.28. The Morgan fingerprint density at radius 3 is 2.18 bits per heavy atom. The number of nitrogens with one attached hydrogen (secondary N) is 2. The first kappa shape index (κ1) is 23.0. The van der Waals surface area contributed by atoms with Crippen molar-refractivity contribution < 1.29 is 18.0 Å². The molecule has 0 fully saturated rings. The molecule has 1 heterocycles. The maximum Gasteiger partial charge on any atom is 0.269 e. The minimum absolute atomic E-state index is 0.0223. The van der Waals surface area contributed by atoms with Gasteiger partial charge < -0.3 is 0 Å². The van der Waals surface area contributed by atoms with Crippen LogP contribution in [-0.4, -0.2) is 31.1 Å². The van der Waals surface area contributed by atoms with Crippen molar-refractivity contribution in [2.75, 3.05) is 6.54 Å². The molecule has 0 radical (unpaired) electrons. The van der Waals surface area contributed by atoms with E-state index in [1.54, 1.807) is 24.3 Å². The van der Waals surface area contributed by atoms with Crippen LogP contribution in [0.5, 0.6) is 0 Å². The fourth-order valence-electron chi connectivity index (χ4n) is 3.62. The molecular weight excluding hydrogens is 462 g/mol. The number of hydrazine groups is 1. The number of carbonyl (C=O) groups excluding carboxylic acids is 2. The Bertz CT molecular complexity index is 1320. The zero-order chi connectivity index (χ0) is 23.6. The average molecular weight is 484 g/mol. The lowest BCUT2D eigenvalue weighted by molar-refractivity contribution is 0.0846. The second-order valence-corrected chi connectivity index (χ2v) is 10.1. The van der Waals surface area contributed by atoms with E-state index in [2.05, 4.69) is 10.9 Å². The van der Waals surface area contributed by atoms with Crippen molar-refractivity contribution in [3.05, 3.63) is 99.6 Å². The molecule has 2 amide bonds. The molecule has 9 heteroatoms. The van der Waals surface area contributed by atoms with Gasteiger partial charge in [0.05, 0.1) is 5.02 Å². The summed E-state index contributed by atoms with van der Waals surface area (Å²) in [4.78, 5) is 24.7. The number of fused-ring (bicyclic) bond motifs is 1. The van der Waals surface area contributed by atoms with Crippen LogP contribution >= 0.6 is 11.6 Å². The van der Waals surface area contributed by atoms with Crippen LogP contribution in [0, 0.1) is 6.92 Å². The van der Waals surface area contributed by atoms with Crippen LogP contribution in [-0.2, 0) is 23.0 Å². The quantitative estimate of drug-likeness (QED) is 0.555. The van der Waals surface area contributed by atoms with Gasteiger partial charge in [0.25, 0.3) is 11.8 Å². The fourth-order valence-corrected chi connectivity index (χ4v) is 5.54. The molecule has 0 saturated carbocycles. The van der Waals surface area contributed by atoms with Crippen LogP contribution in [0.1, 0.15) is 37.4 Å². The highest BCUT2D eigenvalue weighted by Gasteiger charge is 2.30. The van der Waals surface area contributed by atoms with Gasteiger partial charge in [-0.1, -0.05) is 53.6 Å². The highest BCUT2D eigenvalue weighted by molar-refractivity contribution is 7.89. The smallest absolute Gasteiger partial charge is 0.267 e. The predicted molar refractivity (Wildman–Crippen MR) is 125 cm³/mol. The molecule has 2 N–H and O–H groups in total. The standard InChI is InChI=1S/C24H22ClN3O4S/c1-16-6-8-18(9-7-16)23(29)26-27-24(30)19-10-11-21(25)22(14-19)33(31,32)28-13-12-17-4-2-3-5-20(17)15-28/h2-11,14H,12-13,15H2,1H3,(H,26,29)(H,27,30). The van der Waals surface area contributed by atoms with E-state index in [1.165, 1.54) is 22.5 Å². The van der Waals surface area contributed by atoms with Gasteiger partial charge in [0.1, 0.15) is 4.90 Å². The molecule has 0 saturated heterocycles. The van der Waals surface area contributed by atoms with Gasteiger partial charge in [0, 0.05) is 24.2 Å². The van der Waals surface area contributed by atoms with Crippen LogP contribution in [0.2, 0.25) is 5.02 Å². The Kier molecular flexibility index (Phi) is 6.51. The Balaban J connectivity index is 1.50. The lowest BCUT2D eigenvalue weighted by atomic mass is 10.0. The van der Waals surface area contributed by atoms with Gasteiger partial charge >= 0.3 is 0 Å². The minimum Gasteiger partial charge on any atom is -0.267 e. The third-order valence-electron chi connectivity index (χ3n) is 5.51. The zero-order valence-electron chi connectivity index (χ0n) is 17.8. The van der Waals surface area contributed by atoms with Crippen LogP contribution in [0.15, 0.2) is 71.6 Å². The third-order valence-corrected chi connectivity index (χ3v) is 7.84. The Labute approximate surface area is 197 Å². The normalized spacial score (nSPS) is 13.8. The van der Waals surface area contributed by atoms with Crippen molar-refractivity contribution in [3.8, 4) is 0 Å². The van der Waals surface area contributed by atoms with Gasteiger partial charge in [0.15, 0.2) is 0 Å². The van der Waals surface area contributed by atoms with E-state index in [0.29, 0.717) is 18.5 Å². The summed E-state index contributed by atoms with van der Waals surface area (Å²) in [7, 11) is -3.94. The Morgan fingerprint density at radius 1 is 0.879 bits per heavy atom. The van der Waals surface area contributed by atoms with E-state index in [-0.39, 0.29) is 22.0 Å². The van der Waals surface area contributed by atoms with E-state index in [4.69, 9.17) is 11.6 Å². The van der Waals surface area contributed by atoms with Crippen molar-refractivity contribution in [2.45, 2.75) is 24.8 Å². The first-order valence-electron chi connectivity index (χ1n) is 10.3. The molecule has 0 spiro atoms. The number of hydrogen-bond donors (Lipinski definition) is 2. The molecule has 0 atom stereocenters. The molecule has 3 aromatic rings. The first-order chi connectivity index (χ1) is 15.8. The molecule has 4 rings (SSSR count). The molecule has 7 nitrogen and oxygen atoms in total. The van der Waals surface area contributed by atoms with Crippen LogP contribution < -0.4 is 10.9 Å². The molecule has 33 heavy (non-hydrogen) atoms. The van der Waals surface area contributed by atoms with E-state index < -0.39 is 21.8 Å².